The van der Waals surface area contributed by atoms with Gasteiger partial charge in [0.15, 0.2) is 0 Å². The lowest BCUT2D eigenvalue weighted by Crippen LogP contribution is -2.44. The van der Waals surface area contributed by atoms with E-state index >= 15 is 0 Å². The van der Waals surface area contributed by atoms with Gasteiger partial charge in [0.2, 0.25) is 5.91 Å². The minimum Gasteiger partial charge on any atom is -0.324 e. The van der Waals surface area contributed by atoms with E-state index in [1.165, 1.54) is 0 Å². The van der Waals surface area contributed by atoms with Gasteiger partial charge in [-0.1, -0.05) is 24.6 Å². The molecule has 1 heterocycles. The number of halogens is 1. The van der Waals surface area contributed by atoms with Crippen LogP contribution in [-0.4, -0.2) is 34.8 Å². The minimum absolute atomic E-state index is 0.327. The molecule has 0 spiro atoms. The smallest absolute Gasteiger partial charge is 0.324 e. The number of hydrogen-bond donors (Lipinski definition) is 2. The van der Waals surface area contributed by atoms with Crippen LogP contribution in [0, 0.1) is 0 Å². The Kier molecular flexibility index (Phi) is 4.18. The van der Waals surface area contributed by atoms with Crippen molar-refractivity contribution in [3.8, 4) is 0 Å². The second-order valence-corrected chi connectivity index (χ2v) is 5.50. The summed E-state index contributed by atoms with van der Waals surface area (Å²) in [5.41, 5.74) is -0.425. The van der Waals surface area contributed by atoms with Crippen LogP contribution in [-0.2, 0) is 9.59 Å². The van der Waals surface area contributed by atoms with Crippen LogP contribution in [0.4, 0.5) is 10.5 Å². The molecule has 1 aliphatic heterocycles. The number of amides is 4. The Morgan fingerprint density at radius 1 is 1.43 bits per heavy atom. The maximum atomic E-state index is 12.2. The van der Waals surface area contributed by atoms with E-state index < -0.39 is 23.4 Å². The molecule has 7 heteroatoms. The molecule has 0 saturated carbocycles. The Morgan fingerprint density at radius 2 is 2.14 bits per heavy atom. The predicted molar refractivity (Wildman–Crippen MR) is 79.0 cm³/mol. The van der Waals surface area contributed by atoms with Gasteiger partial charge in [-0.3, -0.25) is 14.5 Å². The Labute approximate surface area is 127 Å². The Balaban J connectivity index is 2.03. The summed E-state index contributed by atoms with van der Waals surface area (Å²) in [6.07, 6.45) is 0.462. The number of nitrogens with zero attached hydrogens (tertiary/aromatic N) is 1. The molecule has 1 atom stereocenters. The minimum atomic E-state index is -0.937. The summed E-state index contributed by atoms with van der Waals surface area (Å²) in [6, 6.07) is 6.08. The fraction of sp³-hybridized carbons (Fsp3) is 0.357. The third kappa shape index (κ3) is 3.16. The highest BCUT2D eigenvalue weighted by atomic mass is 35.5. The fourth-order valence-corrected chi connectivity index (χ4v) is 2.23. The molecule has 4 amide bonds. The number of rotatable bonds is 4. The van der Waals surface area contributed by atoms with Crippen LogP contribution in [0.25, 0.3) is 0 Å². The van der Waals surface area contributed by atoms with Gasteiger partial charge < -0.3 is 10.6 Å². The molecule has 6 nitrogen and oxygen atoms in total. The van der Waals surface area contributed by atoms with Crippen LogP contribution in [0.5, 0.6) is 0 Å². The van der Waals surface area contributed by atoms with Crippen LogP contribution in [0.3, 0.4) is 0 Å². The largest absolute Gasteiger partial charge is 0.325 e. The maximum absolute atomic E-state index is 12.2. The highest BCUT2D eigenvalue weighted by Gasteiger charge is 2.46. The van der Waals surface area contributed by atoms with Crippen molar-refractivity contribution in [1.82, 2.24) is 10.2 Å². The van der Waals surface area contributed by atoms with Crippen molar-refractivity contribution in [3.05, 3.63) is 29.3 Å². The summed E-state index contributed by atoms with van der Waals surface area (Å²) in [7, 11) is 0. The average molecular weight is 310 g/mol. The molecule has 0 aliphatic carbocycles. The van der Waals surface area contributed by atoms with E-state index in [9.17, 15) is 14.4 Å². The standard InChI is InChI=1S/C14H16ClN3O3/c1-3-14(2)12(20)18(13(21)17-14)8-11(19)16-10-6-4-5-9(15)7-10/h4-7H,3,8H2,1-2H3,(H,16,19)(H,17,21)/t14-/m0/s1. The van der Waals surface area contributed by atoms with E-state index in [1.807, 2.05) is 0 Å². The zero-order chi connectivity index (χ0) is 15.6. The zero-order valence-corrected chi connectivity index (χ0v) is 12.5. The second-order valence-electron chi connectivity index (χ2n) is 5.07. The Morgan fingerprint density at radius 3 is 2.71 bits per heavy atom. The average Bonchev–Trinajstić information content (AvgIpc) is 2.63. The van der Waals surface area contributed by atoms with Gasteiger partial charge in [-0.05, 0) is 31.5 Å². The van der Waals surface area contributed by atoms with Crippen molar-refractivity contribution in [2.75, 3.05) is 11.9 Å². The topological polar surface area (TPSA) is 78.5 Å². The fourth-order valence-electron chi connectivity index (χ4n) is 2.04. The van der Waals surface area contributed by atoms with Gasteiger partial charge >= 0.3 is 6.03 Å². The quantitative estimate of drug-likeness (QED) is 0.835. The summed E-state index contributed by atoms with van der Waals surface area (Å²) < 4.78 is 0. The molecule has 21 heavy (non-hydrogen) atoms. The number of hydrogen-bond acceptors (Lipinski definition) is 3. The molecule has 0 radical (unpaired) electrons. The van der Waals surface area contributed by atoms with Crippen molar-refractivity contribution in [3.63, 3.8) is 0 Å². The SMILES string of the molecule is CC[C@]1(C)NC(=O)N(CC(=O)Nc2cccc(Cl)c2)C1=O. The van der Waals surface area contributed by atoms with Gasteiger partial charge in [-0.2, -0.15) is 0 Å². The lowest BCUT2D eigenvalue weighted by Gasteiger charge is -2.19. The van der Waals surface area contributed by atoms with Crippen molar-refractivity contribution < 1.29 is 14.4 Å². The first-order valence-electron chi connectivity index (χ1n) is 6.55. The first kappa shape index (κ1) is 15.3. The highest BCUT2D eigenvalue weighted by molar-refractivity contribution is 6.30. The lowest BCUT2D eigenvalue weighted by molar-refractivity contribution is -0.133. The summed E-state index contributed by atoms with van der Waals surface area (Å²) in [4.78, 5) is 36.8. The van der Waals surface area contributed by atoms with Crippen molar-refractivity contribution >= 4 is 35.1 Å². The molecule has 0 bridgehead atoms. The highest BCUT2D eigenvalue weighted by Crippen LogP contribution is 2.21. The van der Waals surface area contributed by atoms with Crippen molar-refractivity contribution in [2.45, 2.75) is 25.8 Å². The number of carbonyl (C=O) groups excluding carboxylic acids is 3. The molecular weight excluding hydrogens is 294 g/mol. The van der Waals surface area contributed by atoms with E-state index in [0.29, 0.717) is 17.1 Å². The van der Waals surface area contributed by atoms with Crippen LogP contribution in [0.2, 0.25) is 5.02 Å². The van der Waals surface area contributed by atoms with E-state index in [-0.39, 0.29) is 6.54 Å². The van der Waals surface area contributed by atoms with Gasteiger partial charge in [0, 0.05) is 10.7 Å². The molecule has 2 N–H and O–H groups in total. The van der Waals surface area contributed by atoms with Crippen molar-refractivity contribution in [1.29, 1.82) is 0 Å². The third-order valence-electron chi connectivity index (χ3n) is 3.46. The van der Waals surface area contributed by atoms with Gasteiger partial charge in [-0.25, -0.2) is 4.79 Å². The monoisotopic (exact) mass is 309 g/mol. The predicted octanol–water partition coefficient (Wildman–Crippen LogP) is 2.00. The second kappa shape index (κ2) is 5.73. The third-order valence-corrected chi connectivity index (χ3v) is 3.70. The molecule has 1 aromatic rings. The molecular formula is C14H16ClN3O3. The number of nitrogens with one attached hydrogen (secondary N) is 2. The molecule has 112 valence electrons. The van der Waals surface area contributed by atoms with Crippen LogP contribution in [0.15, 0.2) is 24.3 Å². The summed E-state index contributed by atoms with van der Waals surface area (Å²) >= 11 is 5.82. The Hall–Kier alpha value is -2.08. The number of anilines is 1. The van der Waals surface area contributed by atoms with E-state index in [0.717, 1.165) is 4.90 Å². The lowest BCUT2D eigenvalue weighted by atomic mass is 9.99. The zero-order valence-electron chi connectivity index (χ0n) is 11.8. The number of carbonyl (C=O) groups is 3. The summed E-state index contributed by atoms with van der Waals surface area (Å²) in [5.74, 6) is -0.850. The molecule has 1 aliphatic rings. The molecule has 1 aromatic carbocycles. The first-order chi connectivity index (χ1) is 9.85. The number of urea groups is 1. The van der Waals surface area contributed by atoms with E-state index in [1.54, 1.807) is 38.1 Å². The molecule has 2 rings (SSSR count). The van der Waals surface area contributed by atoms with Gasteiger partial charge in [0.25, 0.3) is 5.91 Å². The van der Waals surface area contributed by atoms with Crippen LogP contribution >= 0.6 is 11.6 Å². The van der Waals surface area contributed by atoms with Crippen molar-refractivity contribution in [2.24, 2.45) is 0 Å². The van der Waals surface area contributed by atoms with Crippen LogP contribution < -0.4 is 10.6 Å². The van der Waals surface area contributed by atoms with E-state index in [4.69, 9.17) is 11.6 Å². The molecule has 1 saturated heterocycles. The normalized spacial score (nSPS) is 21.4. The summed E-state index contributed by atoms with van der Waals surface area (Å²) in [5, 5.41) is 5.68. The molecule has 0 aromatic heterocycles. The molecule has 0 unspecified atom stereocenters. The Bertz CT molecular complexity index is 605. The molecule has 1 fully saturated rings. The van der Waals surface area contributed by atoms with Gasteiger partial charge in [-0.15, -0.1) is 0 Å². The summed E-state index contributed by atoms with van der Waals surface area (Å²) in [6.45, 7) is 3.11. The first-order valence-corrected chi connectivity index (χ1v) is 6.93. The van der Waals surface area contributed by atoms with Gasteiger partial charge in [0.05, 0.1) is 0 Å². The van der Waals surface area contributed by atoms with E-state index in [2.05, 4.69) is 10.6 Å². The van der Waals surface area contributed by atoms with Crippen LogP contribution in [0.1, 0.15) is 20.3 Å². The maximum Gasteiger partial charge on any atom is 0.325 e. The van der Waals surface area contributed by atoms with Gasteiger partial charge in [0.1, 0.15) is 12.1 Å². The number of benzene rings is 1. The number of imide groups is 1.